The van der Waals surface area contributed by atoms with Gasteiger partial charge in [-0.3, -0.25) is 0 Å². The molecule has 1 heteroatoms. The van der Waals surface area contributed by atoms with Crippen LogP contribution in [0.3, 0.4) is 0 Å². The van der Waals surface area contributed by atoms with Crippen LogP contribution in [0.15, 0.2) is 0 Å². The van der Waals surface area contributed by atoms with Crippen molar-refractivity contribution in [1.29, 1.82) is 0 Å². The number of hydrogen-bond acceptors (Lipinski definition) is 1. The van der Waals surface area contributed by atoms with E-state index in [-0.39, 0.29) is 0 Å². The average molecular weight is 213 g/mol. The van der Waals surface area contributed by atoms with E-state index in [0.717, 1.165) is 18.4 Å². The largest absolute Gasteiger partial charge is 0.314 e. The van der Waals surface area contributed by atoms with Crippen molar-refractivity contribution in [3.05, 3.63) is 0 Å². The Morgan fingerprint density at radius 1 is 1.07 bits per heavy atom. The molecule has 0 saturated heterocycles. The Labute approximate surface area is 97.0 Å². The van der Waals surface area contributed by atoms with Crippen molar-refractivity contribution in [3.8, 4) is 0 Å². The Morgan fingerprint density at radius 2 is 1.73 bits per heavy atom. The third-order valence-corrected chi connectivity index (χ3v) is 3.63. The zero-order valence-electron chi connectivity index (χ0n) is 11.5. The second-order valence-corrected chi connectivity index (χ2v) is 4.98. The van der Waals surface area contributed by atoms with E-state index >= 15 is 0 Å². The molecule has 0 heterocycles. The van der Waals surface area contributed by atoms with Gasteiger partial charge in [0.25, 0.3) is 0 Å². The average Bonchev–Trinajstić information content (AvgIpc) is 2.24. The van der Waals surface area contributed by atoms with Crippen LogP contribution in [-0.4, -0.2) is 12.6 Å². The van der Waals surface area contributed by atoms with Gasteiger partial charge in [-0.2, -0.15) is 0 Å². The molecule has 1 nitrogen and oxygen atoms in total. The van der Waals surface area contributed by atoms with Gasteiger partial charge in [0, 0.05) is 6.04 Å². The van der Waals surface area contributed by atoms with Crippen LogP contribution in [0.2, 0.25) is 0 Å². The second-order valence-electron chi connectivity index (χ2n) is 4.98. The van der Waals surface area contributed by atoms with Gasteiger partial charge in [0.15, 0.2) is 0 Å². The molecule has 0 amide bonds. The van der Waals surface area contributed by atoms with E-state index in [2.05, 4.69) is 39.9 Å². The summed E-state index contributed by atoms with van der Waals surface area (Å²) in [6, 6.07) is 0.672. The van der Waals surface area contributed by atoms with Crippen LogP contribution in [-0.2, 0) is 0 Å². The van der Waals surface area contributed by atoms with E-state index in [9.17, 15) is 0 Å². The molecule has 0 aliphatic carbocycles. The maximum atomic E-state index is 3.53. The number of unbranched alkanes of at least 4 members (excludes halogenated alkanes) is 1. The van der Waals surface area contributed by atoms with Crippen molar-refractivity contribution in [3.63, 3.8) is 0 Å². The summed E-state index contributed by atoms with van der Waals surface area (Å²) in [5.41, 5.74) is 0. The Morgan fingerprint density at radius 3 is 2.20 bits per heavy atom. The SMILES string of the molecule is CCCCC(CC)CC(C)C(C)NCC. The van der Waals surface area contributed by atoms with Gasteiger partial charge in [-0.25, -0.2) is 0 Å². The van der Waals surface area contributed by atoms with Gasteiger partial charge in [-0.1, -0.05) is 53.4 Å². The smallest absolute Gasteiger partial charge is 0.00643 e. The summed E-state index contributed by atoms with van der Waals surface area (Å²) < 4.78 is 0. The highest BCUT2D eigenvalue weighted by molar-refractivity contribution is 4.71. The van der Waals surface area contributed by atoms with Crippen LogP contribution in [0.25, 0.3) is 0 Å². The first kappa shape index (κ1) is 15.0. The predicted molar refractivity (Wildman–Crippen MR) is 70.2 cm³/mol. The number of nitrogens with one attached hydrogen (secondary N) is 1. The van der Waals surface area contributed by atoms with E-state index < -0.39 is 0 Å². The third-order valence-electron chi connectivity index (χ3n) is 3.63. The van der Waals surface area contributed by atoms with Crippen LogP contribution in [0.5, 0.6) is 0 Å². The Hall–Kier alpha value is -0.0400. The van der Waals surface area contributed by atoms with Crippen LogP contribution < -0.4 is 5.32 Å². The maximum absolute atomic E-state index is 3.53. The number of rotatable bonds is 9. The van der Waals surface area contributed by atoms with Crippen LogP contribution >= 0.6 is 0 Å². The van der Waals surface area contributed by atoms with Gasteiger partial charge >= 0.3 is 0 Å². The molecule has 0 aromatic rings. The summed E-state index contributed by atoms with van der Waals surface area (Å²) in [6.45, 7) is 12.6. The quantitative estimate of drug-likeness (QED) is 0.604. The van der Waals surface area contributed by atoms with Crippen molar-refractivity contribution in [2.75, 3.05) is 6.54 Å². The molecule has 15 heavy (non-hydrogen) atoms. The molecule has 0 aliphatic heterocycles. The summed E-state index contributed by atoms with van der Waals surface area (Å²) in [6.07, 6.45) is 6.92. The molecular weight excluding hydrogens is 182 g/mol. The van der Waals surface area contributed by atoms with Gasteiger partial charge in [0.05, 0.1) is 0 Å². The van der Waals surface area contributed by atoms with E-state index in [4.69, 9.17) is 0 Å². The fourth-order valence-corrected chi connectivity index (χ4v) is 2.23. The van der Waals surface area contributed by atoms with Crippen molar-refractivity contribution >= 4 is 0 Å². The van der Waals surface area contributed by atoms with Crippen LogP contribution in [0, 0.1) is 11.8 Å². The highest BCUT2D eigenvalue weighted by atomic mass is 14.9. The monoisotopic (exact) mass is 213 g/mol. The molecule has 0 spiro atoms. The molecule has 1 N–H and O–H groups in total. The summed E-state index contributed by atoms with van der Waals surface area (Å²) in [5, 5.41) is 3.53. The Balaban J connectivity index is 3.83. The molecule has 0 bridgehead atoms. The molecule has 3 unspecified atom stereocenters. The fraction of sp³-hybridized carbons (Fsp3) is 1.00. The minimum Gasteiger partial charge on any atom is -0.314 e. The lowest BCUT2D eigenvalue weighted by Gasteiger charge is -2.25. The molecule has 0 aromatic carbocycles. The van der Waals surface area contributed by atoms with Gasteiger partial charge in [0.2, 0.25) is 0 Å². The van der Waals surface area contributed by atoms with Crippen molar-refractivity contribution in [2.45, 2.75) is 72.8 Å². The molecule has 0 aromatic heterocycles. The molecule has 0 rings (SSSR count). The zero-order chi connectivity index (χ0) is 11.7. The first-order chi connectivity index (χ1) is 7.15. The van der Waals surface area contributed by atoms with E-state index in [1.165, 1.54) is 32.1 Å². The normalized spacial score (nSPS) is 17.4. The second kappa shape index (κ2) is 9.21. The van der Waals surface area contributed by atoms with E-state index in [0.29, 0.717) is 6.04 Å². The minimum atomic E-state index is 0.672. The molecule has 92 valence electrons. The standard InChI is InChI=1S/C14H31N/c1-6-9-10-14(7-2)11-12(4)13(5)15-8-3/h12-15H,6-11H2,1-5H3. The highest BCUT2D eigenvalue weighted by Crippen LogP contribution is 2.23. The molecule has 0 radical (unpaired) electrons. The minimum absolute atomic E-state index is 0.672. The third kappa shape index (κ3) is 6.94. The summed E-state index contributed by atoms with van der Waals surface area (Å²) in [5.74, 6) is 1.76. The van der Waals surface area contributed by atoms with Crippen LogP contribution in [0.4, 0.5) is 0 Å². The molecule has 0 saturated carbocycles. The van der Waals surface area contributed by atoms with Crippen molar-refractivity contribution < 1.29 is 0 Å². The maximum Gasteiger partial charge on any atom is 0.00643 e. The van der Waals surface area contributed by atoms with Gasteiger partial charge in [-0.05, 0) is 31.7 Å². The fourth-order valence-electron chi connectivity index (χ4n) is 2.23. The Bertz CT molecular complexity index is 133. The first-order valence-electron chi connectivity index (χ1n) is 6.88. The summed E-state index contributed by atoms with van der Waals surface area (Å²) in [7, 11) is 0. The summed E-state index contributed by atoms with van der Waals surface area (Å²) in [4.78, 5) is 0. The van der Waals surface area contributed by atoms with Gasteiger partial charge in [0.1, 0.15) is 0 Å². The van der Waals surface area contributed by atoms with E-state index in [1.54, 1.807) is 0 Å². The van der Waals surface area contributed by atoms with Gasteiger partial charge < -0.3 is 5.32 Å². The zero-order valence-corrected chi connectivity index (χ0v) is 11.5. The summed E-state index contributed by atoms with van der Waals surface area (Å²) >= 11 is 0. The Kier molecular flexibility index (Phi) is 9.18. The number of hydrogen-bond donors (Lipinski definition) is 1. The lowest BCUT2D eigenvalue weighted by atomic mass is 9.86. The van der Waals surface area contributed by atoms with Crippen LogP contribution in [0.1, 0.15) is 66.7 Å². The molecule has 0 aliphatic rings. The van der Waals surface area contributed by atoms with Crippen molar-refractivity contribution in [2.24, 2.45) is 11.8 Å². The first-order valence-corrected chi connectivity index (χ1v) is 6.88. The van der Waals surface area contributed by atoms with Gasteiger partial charge in [-0.15, -0.1) is 0 Å². The highest BCUT2D eigenvalue weighted by Gasteiger charge is 2.15. The lowest BCUT2D eigenvalue weighted by Crippen LogP contribution is -2.32. The molecule has 0 fully saturated rings. The topological polar surface area (TPSA) is 12.0 Å². The predicted octanol–water partition coefficient (Wildman–Crippen LogP) is 4.23. The van der Waals surface area contributed by atoms with E-state index in [1.807, 2.05) is 0 Å². The molecular formula is C14H31N. The lowest BCUT2D eigenvalue weighted by molar-refractivity contribution is 0.300. The van der Waals surface area contributed by atoms with Crippen molar-refractivity contribution in [1.82, 2.24) is 5.32 Å². The molecule has 3 atom stereocenters.